The van der Waals surface area contributed by atoms with Crippen molar-refractivity contribution in [3.8, 4) is 5.75 Å². The fraction of sp³-hybridized carbons (Fsp3) is 0.526. The Hall–Kier alpha value is -2.57. The van der Waals surface area contributed by atoms with Crippen LogP contribution < -0.4 is 15.0 Å². The van der Waals surface area contributed by atoms with Crippen molar-refractivity contribution >= 4 is 17.8 Å². The largest absolute Gasteiger partial charge is 0.481 e. The van der Waals surface area contributed by atoms with E-state index in [4.69, 9.17) is 4.74 Å². The highest BCUT2D eigenvalue weighted by molar-refractivity contribution is 5.92. The smallest absolute Gasteiger partial charge is 0.267 e. The third kappa shape index (κ3) is 4.53. The summed E-state index contributed by atoms with van der Waals surface area (Å²) in [6.45, 7) is 7.88. The SMILES string of the molecule is CC(Oc1cccc(C(C)C)c1)C(=O)Nc1nc(N2CCCCC2)n[nH]1. The number of nitrogens with zero attached hydrogens (tertiary/aromatic N) is 3. The number of hydrogen-bond acceptors (Lipinski definition) is 5. The maximum Gasteiger partial charge on any atom is 0.267 e. The van der Waals surface area contributed by atoms with Crippen molar-refractivity contribution in [1.82, 2.24) is 15.2 Å². The minimum Gasteiger partial charge on any atom is -0.481 e. The predicted octanol–water partition coefficient (Wildman–Crippen LogP) is 3.32. The third-order valence-electron chi connectivity index (χ3n) is 4.56. The van der Waals surface area contributed by atoms with E-state index in [-0.39, 0.29) is 5.91 Å². The van der Waals surface area contributed by atoms with Crippen molar-refractivity contribution in [2.24, 2.45) is 0 Å². The zero-order valence-electron chi connectivity index (χ0n) is 15.7. The van der Waals surface area contributed by atoms with Crippen molar-refractivity contribution in [1.29, 1.82) is 0 Å². The van der Waals surface area contributed by atoms with Gasteiger partial charge in [-0.05, 0) is 49.8 Å². The first-order chi connectivity index (χ1) is 12.5. The molecule has 0 saturated carbocycles. The molecule has 1 aliphatic heterocycles. The molecular formula is C19H27N5O2. The number of H-pyrrole nitrogens is 1. The van der Waals surface area contributed by atoms with Crippen molar-refractivity contribution in [2.45, 2.75) is 52.1 Å². The Labute approximate surface area is 154 Å². The van der Waals surface area contributed by atoms with E-state index >= 15 is 0 Å². The summed E-state index contributed by atoms with van der Waals surface area (Å²) in [6.07, 6.45) is 2.91. The Morgan fingerprint density at radius 3 is 2.73 bits per heavy atom. The van der Waals surface area contributed by atoms with Gasteiger partial charge in [-0.2, -0.15) is 4.98 Å². The van der Waals surface area contributed by atoms with Crippen LogP contribution in [0.3, 0.4) is 0 Å². The summed E-state index contributed by atoms with van der Waals surface area (Å²) < 4.78 is 5.78. The highest BCUT2D eigenvalue weighted by Gasteiger charge is 2.19. The first kappa shape index (κ1) is 18.2. The van der Waals surface area contributed by atoms with Gasteiger partial charge in [0.25, 0.3) is 5.91 Å². The lowest BCUT2D eigenvalue weighted by atomic mass is 10.0. The van der Waals surface area contributed by atoms with Crippen molar-refractivity contribution in [2.75, 3.05) is 23.3 Å². The number of carbonyl (C=O) groups is 1. The number of rotatable bonds is 6. The minimum atomic E-state index is -0.638. The van der Waals surface area contributed by atoms with Gasteiger partial charge >= 0.3 is 0 Å². The number of aromatic nitrogens is 3. The molecule has 1 atom stereocenters. The molecule has 1 fully saturated rings. The third-order valence-corrected chi connectivity index (χ3v) is 4.56. The number of benzene rings is 1. The summed E-state index contributed by atoms with van der Waals surface area (Å²) in [7, 11) is 0. The van der Waals surface area contributed by atoms with Gasteiger partial charge in [-0.3, -0.25) is 10.1 Å². The molecule has 7 heteroatoms. The molecule has 1 saturated heterocycles. The molecule has 0 aliphatic carbocycles. The van der Waals surface area contributed by atoms with Gasteiger partial charge in [0.05, 0.1) is 0 Å². The summed E-state index contributed by atoms with van der Waals surface area (Å²) in [5.41, 5.74) is 1.18. The summed E-state index contributed by atoms with van der Waals surface area (Å²) >= 11 is 0. The van der Waals surface area contributed by atoms with Crippen LogP contribution in [0.1, 0.15) is 51.5 Å². The maximum atomic E-state index is 12.4. The monoisotopic (exact) mass is 357 g/mol. The van der Waals surface area contributed by atoms with Gasteiger partial charge < -0.3 is 9.64 Å². The fourth-order valence-corrected chi connectivity index (χ4v) is 2.97. The van der Waals surface area contributed by atoms with E-state index < -0.39 is 6.10 Å². The van der Waals surface area contributed by atoms with E-state index in [1.807, 2.05) is 18.2 Å². The lowest BCUT2D eigenvalue weighted by Crippen LogP contribution is -2.31. The highest BCUT2D eigenvalue weighted by Crippen LogP contribution is 2.21. The number of aromatic amines is 1. The highest BCUT2D eigenvalue weighted by atomic mass is 16.5. The second-order valence-electron chi connectivity index (χ2n) is 7.01. The zero-order valence-corrected chi connectivity index (χ0v) is 15.7. The zero-order chi connectivity index (χ0) is 18.5. The average molecular weight is 357 g/mol. The van der Waals surface area contributed by atoms with Crippen molar-refractivity contribution in [3.05, 3.63) is 29.8 Å². The predicted molar refractivity (Wildman–Crippen MR) is 102 cm³/mol. The lowest BCUT2D eigenvalue weighted by Gasteiger charge is -2.24. The average Bonchev–Trinajstić information content (AvgIpc) is 3.11. The van der Waals surface area contributed by atoms with Gasteiger partial charge in [0, 0.05) is 13.1 Å². The molecule has 2 N–H and O–H groups in total. The van der Waals surface area contributed by atoms with Crippen molar-refractivity contribution in [3.63, 3.8) is 0 Å². The van der Waals surface area contributed by atoms with E-state index in [1.165, 1.54) is 12.0 Å². The molecule has 2 aromatic rings. The van der Waals surface area contributed by atoms with Crippen LogP contribution in [-0.4, -0.2) is 40.3 Å². The Kier molecular flexibility index (Phi) is 5.75. The molecule has 3 rings (SSSR count). The van der Waals surface area contributed by atoms with E-state index in [0.717, 1.165) is 25.9 Å². The number of hydrogen-bond donors (Lipinski definition) is 2. The first-order valence-electron chi connectivity index (χ1n) is 9.28. The van der Waals surface area contributed by atoms with Gasteiger partial charge in [-0.1, -0.05) is 26.0 Å². The number of amides is 1. The Morgan fingerprint density at radius 2 is 2.00 bits per heavy atom. The summed E-state index contributed by atoms with van der Waals surface area (Å²) in [5.74, 6) is 1.82. The van der Waals surface area contributed by atoms with E-state index in [9.17, 15) is 4.79 Å². The maximum absolute atomic E-state index is 12.4. The number of anilines is 2. The second kappa shape index (κ2) is 8.21. The van der Waals surface area contributed by atoms with Crippen LogP contribution in [0.4, 0.5) is 11.9 Å². The van der Waals surface area contributed by atoms with E-state index in [2.05, 4.69) is 45.3 Å². The normalized spacial score (nSPS) is 15.8. The van der Waals surface area contributed by atoms with Crippen LogP contribution in [0.15, 0.2) is 24.3 Å². The molecule has 1 aromatic heterocycles. The molecule has 0 radical (unpaired) electrons. The van der Waals surface area contributed by atoms with Crippen LogP contribution in [0.5, 0.6) is 5.75 Å². The quantitative estimate of drug-likeness (QED) is 0.828. The van der Waals surface area contributed by atoms with E-state index in [1.54, 1.807) is 6.92 Å². The molecule has 2 heterocycles. The number of carbonyl (C=O) groups excluding carboxylic acids is 1. The fourth-order valence-electron chi connectivity index (χ4n) is 2.97. The Balaban J connectivity index is 1.57. The van der Waals surface area contributed by atoms with Crippen LogP contribution >= 0.6 is 0 Å². The second-order valence-corrected chi connectivity index (χ2v) is 7.01. The summed E-state index contributed by atoms with van der Waals surface area (Å²) in [5, 5.41) is 9.73. The van der Waals surface area contributed by atoms with Gasteiger partial charge in [-0.15, -0.1) is 5.10 Å². The Morgan fingerprint density at radius 1 is 1.23 bits per heavy atom. The van der Waals surface area contributed by atoms with Crippen LogP contribution in [0.2, 0.25) is 0 Å². The molecule has 7 nitrogen and oxygen atoms in total. The van der Waals surface area contributed by atoms with E-state index in [0.29, 0.717) is 23.6 Å². The molecule has 1 unspecified atom stereocenters. The molecule has 0 spiro atoms. The molecule has 140 valence electrons. The standard InChI is InChI=1S/C19H27N5O2/c1-13(2)15-8-7-9-16(12-15)26-14(3)17(25)20-18-21-19(23-22-18)24-10-5-4-6-11-24/h7-9,12-14H,4-6,10-11H2,1-3H3,(H2,20,21,22,23,25). The molecule has 1 amide bonds. The molecular weight excluding hydrogens is 330 g/mol. The van der Waals surface area contributed by atoms with Crippen LogP contribution in [0.25, 0.3) is 0 Å². The topological polar surface area (TPSA) is 83.1 Å². The van der Waals surface area contributed by atoms with Gasteiger partial charge in [0.2, 0.25) is 11.9 Å². The van der Waals surface area contributed by atoms with Gasteiger partial charge in [0.1, 0.15) is 5.75 Å². The van der Waals surface area contributed by atoms with Gasteiger partial charge in [-0.25, -0.2) is 5.10 Å². The van der Waals surface area contributed by atoms with Crippen LogP contribution in [0, 0.1) is 0 Å². The number of nitrogens with one attached hydrogen (secondary N) is 2. The lowest BCUT2D eigenvalue weighted by molar-refractivity contribution is -0.122. The van der Waals surface area contributed by atoms with Crippen LogP contribution in [-0.2, 0) is 4.79 Å². The summed E-state index contributed by atoms with van der Waals surface area (Å²) in [6, 6.07) is 7.82. The minimum absolute atomic E-state index is 0.263. The summed E-state index contributed by atoms with van der Waals surface area (Å²) in [4.78, 5) is 18.9. The molecule has 0 bridgehead atoms. The number of piperidine rings is 1. The molecule has 1 aromatic carbocycles. The first-order valence-corrected chi connectivity index (χ1v) is 9.28. The number of ether oxygens (including phenoxy) is 1. The van der Waals surface area contributed by atoms with Gasteiger partial charge in [0.15, 0.2) is 6.10 Å². The molecule has 1 aliphatic rings. The Bertz CT molecular complexity index is 737. The molecule has 26 heavy (non-hydrogen) atoms. The van der Waals surface area contributed by atoms with Crippen molar-refractivity contribution < 1.29 is 9.53 Å².